The standard InChI is InChI=1S/C30H32N4O4/c1-18-19-14-23(35-2)25(37-4)16-21(19)29-28(18)20-15-24(36-3)26(38-5)17-22(20)30(32-29)34-12-10-33(11-13-34)27-8-6-7-9-31-27/h6-9,14-18H,10-13H2,1-5H3. The number of hydrogen-bond donors (Lipinski definition) is 0. The number of nitrogens with zero attached hydrogens (tertiary/aromatic N) is 4. The second kappa shape index (κ2) is 9.59. The van der Waals surface area contributed by atoms with E-state index in [1.165, 1.54) is 11.1 Å². The van der Waals surface area contributed by atoms with Crippen molar-refractivity contribution in [2.45, 2.75) is 12.8 Å². The van der Waals surface area contributed by atoms with Gasteiger partial charge in [0.25, 0.3) is 0 Å². The van der Waals surface area contributed by atoms with Gasteiger partial charge in [0.2, 0.25) is 0 Å². The Kier molecular flexibility index (Phi) is 6.10. The molecule has 0 amide bonds. The minimum atomic E-state index is 0.128. The van der Waals surface area contributed by atoms with Gasteiger partial charge in [0.1, 0.15) is 11.6 Å². The van der Waals surface area contributed by atoms with Gasteiger partial charge in [0.15, 0.2) is 23.0 Å². The van der Waals surface area contributed by atoms with Crippen LogP contribution in [0.1, 0.15) is 24.0 Å². The second-order valence-electron chi connectivity index (χ2n) is 9.63. The molecule has 1 saturated heterocycles. The number of ether oxygens (including phenoxy) is 4. The third-order valence-electron chi connectivity index (χ3n) is 7.79. The highest BCUT2D eigenvalue weighted by molar-refractivity contribution is 6.02. The van der Waals surface area contributed by atoms with E-state index < -0.39 is 0 Å². The summed E-state index contributed by atoms with van der Waals surface area (Å²) in [6, 6.07) is 14.3. The van der Waals surface area contributed by atoms with Gasteiger partial charge in [-0.25, -0.2) is 9.97 Å². The van der Waals surface area contributed by atoms with Crippen molar-refractivity contribution in [3.8, 4) is 34.3 Å². The van der Waals surface area contributed by atoms with E-state index >= 15 is 0 Å². The Morgan fingerprint density at radius 2 is 1.34 bits per heavy atom. The van der Waals surface area contributed by atoms with Crippen LogP contribution in [0.25, 0.3) is 22.0 Å². The molecule has 2 aliphatic rings. The first-order chi connectivity index (χ1) is 18.6. The van der Waals surface area contributed by atoms with Crippen molar-refractivity contribution in [2.24, 2.45) is 0 Å². The van der Waals surface area contributed by atoms with Gasteiger partial charge in [-0.3, -0.25) is 0 Å². The molecule has 2 aromatic carbocycles. The van der Waals surface area contributed by atoms with E-state index in [0.717, 1.165) is 65.6 Å². The number of rotatable bonds is 6. The van der Waals surface area contributed by atoms with Gasteiger partial charge < -0.3 is 28.7 Å². The number of fused-ring (bicyclic) bond motifs is 5. The largest absolute Gasteiger partial charge is 0.493 e. The molecule has 4 aromatic rings. The Hall–Kier alpha value is -4.20. The Balaban J connectivity index is 1.51. The van der Waals surface area contributed by atoms with E-state index in [-0.39, 0.29) is 5.92 Å². The smallest absolute Gasteiger partial charge is 0.161 e. The van der Waals surface area contributed by atoms with Crippen molar-refractivity contribution in [3.63, 3.8) is 0 Å². The molecule has 0 radical (unpaired) electrons. The van der Waals surface area contributed by atoms with Crippen LogP contribution in [-0.4, -0.2) is 64.6 Å². The van der Waals surface area contributed by atoms with Crippen LogP contribution < -0.4 is 28.7 Å². The maximum Gasteiger partial charge on any atom is 0.161 e. The van der Waals surface area contributed by atoms with Gasteiger partial charge in [0, 0.05) is 49.2 Å². The summed E-state index contributed by atoms with van der Waals surface area (Å²) in [5.74, 6) is 4.91. The molecule has 8 heteroatoms. The van der Waals surface area contributed by atoms with Crippen LogP contribution in [-0.2, 0) is 0 Å². The first-order valence-corrected chi connectivity index (χ1v) is 12.8. The lowest BCUT2D eigenvalue weighted by Gasteiger charge is -2.37. The average Bonchev–Trinajstić information content (AvgIpc) is 3.26. The molecule has 6 rings (SSSR count). The summed E-state index contributed by atoms with van der Waals surface area (Å²) < 4.78 is 22.7. The number of anilines is 2. The average molecular weight is 513 g/mol. The van der Waals surface area contributed by atoms with Crippen molar-refractivity contribution < 1.29 is 18.9 Å². The summed E-state index contributed by atoms with van der Waals surface area (Å²) in [6.45, 7) is 5.62. The number of aromatic nitrogens is 2. The zero-order chi connectivity index (χ0) is 26.4. The van der Waals surface area contributed by atoms with Crippen LogP contribution in [0.15, 0.2) is 48.7 Å². The molecule has 1 unspecified atom stereocenters. The topological polar surface area (TPSA) is 69.2 Å². The number of methoxy groups -OCH3 is 4. The zero-order valence-electron chi connectivity index (χ0n) is 22.4. The van der Waals surface area contributed by atoms with Crippen molar-refractivity contribution >= 4 is 22.4 Å². The number of hydrogen-bond acceptors (Lipinski definition) is 8. The normalized spacial score (nSPS) is 16.3. The highest BCUT2D eigenvalue weighted by Gasteiger charge is 2.34. The molecule has 0 N–H and O–H groups in total. The molecular weight excluding hydrogens is 480 g/mol. The van der Waals surface area contributed by atoms with Gasteiger partial charge in [-0.1, -0.05) is 13.0 Å². The van der Waals surface area contributed by atoms with Crippen LogP contribution in [0.2, 0.25) is 0 Å². The molecular formula is C30H32N4O4. The molecule has 0 spiro atoms. The Morgan fingerprint density at radius 1 is 0.737 bits per heavy atom. The third-order valence-corrected chi connectivity index (χ3v) is 7.79. The van der Waals surface area contributed by atoms with Crippen LogP contribution in [0.4, 0.5) is 11.6 Å². The highest BCUT2D eigenvalue weighted by Crippen LogP contribution is 2.52. The molecule has 3 heterocycles. The monoisotopic (exact) mass is 512 g/mol. The van der Waals surface area contributed by atoms with E-state index in [4.69, 9.17) is 23.9 Å². The lowest BCUT2D eigenvalue weighted by atomic mass is 9.94. The van der Waals surface area contributed by atoms with Gasteiger partial charge in [0.05, 0.1) is 34.1 Å². The summed E-state index contributed by atoms with van der Waals surface area (Å²) in [5, 5.41) is 2.18. The molecule has 1 aliphatic heterocycles. The molecule has 1 atom stereocenters. The molecule has 0 saturated carbocycles. The van der Waals surface area contributed by atoms with Crippen molar-refractivity contribution in [3.05, 3.63) is 59.8 Å². The quantitative estimate of drug-likeness (QED) is 0.353. The van der Waals surface area contributed by atoms with E-state index in [1.54, 1.807) is 28.4 Å². The van der Waals surface area contributed by atoms with Gasteiger partial charge in [-0.05, 0) is 52.9 Å². The number of piperazine rings is 1. The van der Waals surface area contributed by atoms with Gasteiger partial charge in [-0.2, -0.15) is 0 Å². The molecule has 1 aliphatic carbocycles. The maximum atomic E-state index is 5.73. The predicted molar refractivity (Wildman–Crippen MR) is 150 cm³/mol. The van der Waals surface area contributed by atoms with Gasteiger partial charge >= 0.3 is 0 Å². The maximum absolute atomic E-state index is 5.73. The van der Waals surface area contributed by atoms with E-state index in [2.05, 4.69) is 52.0 Å². The fourth-order valence-corrected chi connectivity index (χ4v) is 5.83. The molecule has 38 heavy (non-hydrogen) atoms. The number of benzene rings is 2. The minimum absolute atomic E-state index is 0.128. The first-order valence-electron chi connectivity index (χ1n) is 12.8. The molecule has 1 fully saturated rings. The summed E-state index contributed by atoms with van der Waals surface area (Å²) in [7, 11) is 6.69. The molecule has 196 valence electrons. The van der Waals surface area contributed by atoms with E-state index in [9.17, 15) is 0 Å². The summed E-state index contributed by atoms with van der Waals surface area (Å²) in [4.78, 5) is 14.6. The summed E-state index contributed by atoms with van der Waals surface area (Å²) in [6.07, 6.45) is 1.85. The van der Waals surface area contributed by atoms with Crippen LogP contribution in [0, 0.1) is 0 Å². The molecule has 0 bridgehead atoms. The minimum Gasteiger partial charge on any atom is -0.493 e. The first kappa shape index (κ1) is 24.2. The third kappa shape index (κ3) is 3.74. The second-order valence-corrected chi connectivity index (χ2v) is 9.63. The lowest BCUT2D eigenvalue weighted by Crippen LogP contribution is -2.47. The van der Waals surface area contributed by atoms with Crippen molar-refractivity contribution in [2.75, 3.05) is 64.4 Å². The van der Waals surface area contributed by atoms with E-state index in [0.29, 0.717) is 17.2 Å². The fourth-order valence-electron chi connectivity index (χ4n) is 5.83. The molecule has 2 aromatic heterocycles. The van der Waals surface area contributed by atoms with E-state index in [1.807, 2.05) is 18.3 Å². The fraction of sp³-hybridized carbons (Fsp3) is 0.333. The number of pyridine rings is 2. The van der Waals surface area contributed by atoms with Crippen LogP contribution in [0.5, 0.6) is 23.0 Å². The SMILES string of the molecule is COc1cc2c(cc1OC)C(C)c1c-2nc(N2CCN(c3ccccn3)CC2)c2cc(OC)c(OC)cc12. The predicted octanol–water partition coefficient (Wildman–Crippen LogP) is 5.12. The summed E-state index contributed by atoms with van der Waals surface area (Å²) in [5.41, 5.74) is 4.42. The highest BCUT2D eigenvalue weighted by atomic mass is 16.5. The van der Waals surface area contributed by atoms with Gasteiger partial charge in [-0.15, -0.1) is 0 Å². The lowest BCUT2D eigenvalue weighted by molar-refractivity contribution is 0.354. The zero-order valence-corrected chi connectivity index (χ0v) is 22.4. The van der Waals surface area contributed by atoms with Crippen molar-refractivity contribution in [1.29, 1.82) is 0 Å². The Morgan fingerprint density at radius 3 is 1.97 bits per heavy atom. The van der Waals surface area contributed by atoms with Crippen LogP contribution >= 0.6 is 0 Å². The van der Waals surface area contributed by atoms with Crippen molar-refractivity contribution in [1.82, 2.24) is 9.97 Å². The Labute approximate surface area is 222 Å². The summed E-state index contributed by atoms with van der Waals surface area (Å²) >= 11 is 0. The Bertz CT molecular complexity index is 1500. The van der Waals surface area contributed by atoms with Crippen LogP contribution in [0.3, 0.4) is 0 Å². The molecule has 8 nitrogen and oxygen atoms in total.